The molecule has 1 aromatic heterocycles. The van der Waals surface area contributed by atoms with Crippen LogP contribution in [0, 0.1) is 0 Å². The normalized spacial score (nSPS) is 11.2. The molecule has 0 radical (unpaired) electrons. The third-order valence-corrected chi connectivity index (χ3v) is 3.30. The van der Waals surface area contributed by atoms with E-state index < -0.39 is 0 Å². The van der Waals surface area contributed by atoms with Crippen molar-refractivity contribution in [1.82, 2.24) is 9.55 Å². The molecule has 19 heavy (non-hydrogen) atoms. The van der Waals surface area contributed by atoms with Gasteiger partial charge in [-0.1, -0.05) is 37.3 Å². The molecule has 0 saturated heterocycles. The Morgan fingerprint density at radius 1 is 1.21 bits per heavy atom. The topological polar surface area (TPSA) is 43.8 Å². The van der Waals surface area contributed by atoms with E-state index in [0.29, 0.717) is 6.04 Å². The van der Waals surface area contributed by atoms with Gasteiger partial charge in [-0.05, 0) is 25.8 Å². The summed E-state index contributed by atoms with van der Waals surface area (Å²) in [6.07, 6.45) is 2.88. The van der Waals surface area contributed by atoms with Gasteiger partial charge in [0.2, 0.25) is 0 Å². The molecule has 0 saturated carbocycles. The first-order valence-corrected chi connectivity index (χ1v) is 7.02. The molecule has 0 fully saturated rings. The van der Waals surface area contributed by atoms with Gasteiger partial charge in [-0.2, -0.15) is 0 Å². The molecule has 0 spiro atoms. The van der Waals surface area contributed by atoms with Gasteiger partial charge in [0.15, 0.2) is 0 Å². The average molecular weight is 257 g/mol. The van der Waals surface area contributed by atoms with Crippen LogP contribution in [-0.2, 0) is 12.8 Å². The lowest BCUT2D eigenvalue weighted by atomic mass is 10.1. The zero-order valence-corrected chi connectivity index (χ0v) is 12.1. The Hall–Kier alpha value is -1.77. The van der Waals surface area contributed by atoms with Crippen molar-refractivity contribution in [2.45, 2.75) is 46.1 Å². The summed E-state index contributed by atoms with van der Waals surface area (Å²) < 4.78 is 2.17. The van der Waals surface area contributed by atoms with E-state index in [4.69, 9.17) is 10.7 Å². The molecular weight excluding hydrogens is 234 g/mol. The van der Waals surface area contributed by atoms with Gasteiger partial charge in [-0.15, -0.1) is 0 Å². The summed E-state index contributed by atoms with van der Waals surface area (Å²) in [4.78, 5) is 4.75. The van der Waals surface area contributed by atoms with E-state index in [0.717, 1.165) is 36.6 Å². The van der Waals surface area contributed by atoms with Crippen LogP contribution in [0.15, 0.2) is 30.3 Å². The molecule has 2 aromatic rings. The lowest BCUT2D eigenvalue weighted by molar-refractivity contribution is 0.571. The number of anilines is 1. The summed E-state index contributed by atoms with van der Waals surface area (Å²) in [5.41, 5.74) is 8.54. The zero-order chi connectivity index (χ0) is 13.8. The number of nitrogens with two attached hydrogens (primary N) is 1. The molecule has 3 nitrogen and oxygen atoms in total. The first-order valence-electron chi connectivity index (χ1n) is 7.02. The second-order valence-electron chi connectivity index (χ2n) is 5.24. The molecule has 0 amide bonds. The van der Waals surface area contributed by atoms with Crippen LogP contribution in [0.1, 0.15) is 50.3 Å². The molecule has 102 valence electrons. The average Bonchev–Trinajstić information content (AvgIpc) is 2.68. The maximum Gasteiger partial charge on any atom is 0.127 e. The monoisotopic (exact) mass is 257 g/mol. The number of hydrogen-bond acceptors (Lipinski definition) is 2. The molecule has 1 heterocycles. The van der Waals surface area contributed by atoms with Crippen LogP contribution in [0.2, 0.25) is 0 Å². The second-order valence-corrected chi connectivity index (χ2v) is 5.24. The number of imidazole rings is 1. The highest BCUT2D eigenvalue weighted by Gasteiger charge is 2.16. The van der Waals surface area contributed by atoms with Crippen LogP contribution in [0.25, 0.3) is 0 Å². The predicted octanol–water partition coefficient (Wildman–Crippen LogP) is 3.59. The van der Waals surface area contributed by atoms with E-state index >= 15 is 0 Å². The Labute approximate surface area is 115 Å². The van der Waals surface area contributed by atoms with Gasteiger partial charge in [-0.25, -0.2) is 4.98 Å². The Balaban J connectivity index is 2.33. The van der Waals surface area contributed by atoms with Crippen molar-refractivity contribution in [1.29, 1.82) is 0 Å². The van der Waals surface area contributed by atoms with Crippen LogP contribution >= 0.6 is 0 Å². The summed E-state index contributed by atoms with van der Waals surface area (Å²) in [6.45, 7) is 6.49. The van der Waals surface area contributed by atoms with Crippen molar-refractivity contribution in [3.8, 4) is 0 Å². The fraction of sp³-hybridized carbons (Fsp3) is 0.438. The van der Waals surface area contributed by atoms with Gasteiger partial charge < -0.3 is 10.3 Å². The van der Waals surface area contributed by atoms with E-state index in [-0.39, 0.29) is 0 Å². The number of nitrogens with zero attached hydrogens (tertiary/aromatic N) is 2. The quantitative estimate of drug-likeness (QED) is 0.889. The van der Waals surface area contributed by atoms with Gasteiger partial charge >= 0.3 is 0 Å². The lowest BCUT2D eigenvalue weighted by Gasteiger charge is -2.13. The second kappa shape index (κ2) is 5.91. The minimum Gasteiger partial charge on any atom is -0.384 e. The van der Waals surface area contributed by atoms with E-state index in [1.165, 1.54) is 5.56 Å². The highest BCUT2D eigenvalue weighted by molar-refractivity contribution is 5.42. The van der Waals surface area contributed by atoms with Crippen LogP contribution in [0.4, 0.5) is 5.82 Å². The van der Waals surface area contributed by atoms with E-state index in [9.17, 15) is 0 Å². The smallest absolute Gasteiger partial charge is 0.127 e. The number of hydrogen-bond donors (Lipinski definition) is 1. The first kappa shape index (κ1) is 13.7. The molecule has 2 rings (SSSR count). The third-order valence-electron chi connectivity index (χ3n) is 3.30. The maximum absolute atomic E-state index is 6.28. The van der Waals surface area contributed by atoms with Gasteiger partial charge in [-0.3, -0.25) is 0 Å². The molecular formula is C16H23N3. The molecule has 0 aliphatic rings. The lowest BCUT2D eigenvalue weighted by Crippen LogP contribution is -2.09. The van der Waals surface area contributed by atoms with Crippen molar-refractivity contribution < 1.29 is 0 Å². The number of nitrogen functional groups attached to an aromatic ring is 1. The summed E-state index contributed by atoms with van der Waals surface area (Å²) in [6, 6.07) is 10.7. The number of aromatic nitrogens is 2. The van der Waals surface area contributed by atoms with Crippen molar-refractivity contribution in [3.05, 3.63) is 47.4 Å². The Bertz CT molecular complexity index is 526. The Kier molecular flexibility index (Phi) is 4.25. The fourth-order valence-corrected chi connectivity index (χ4v) is 2.44. The molecule has 3 heteroatoms. The fourth-order valence-electron chi connectivity index (χ4n) is 2.44. The SMILES string of the molecule is CCCc1nc(Cc2ccccc2)c(N)n1C(C)C. The van der Waals surface area contributed by atoms with Crippen LogP contribution in [0.5, 0.6) is 0 Å². The Morgan fingerprint density at radius 2 is 1.89 bits per heavy atom. The maximum atomic E-state index is 6.28. The van der Waals surface area contributed by atoms with Crippen LogP contribution in [0.3, 0.4) is 0 Å². The van der Waals surface area contributed by atoms with Crippen LogP contribution in [-0.4, -0.2) is 9.55 Å². The summed E-state index contributed by atoms with van der Waals surface area (Å²) >= 11 is 0. The number of rotatable bonds is 5. The van der Waals surface area contributed by atoms with Crippen molar-refractivity contribution in [3.63, 3.8) is 0 Å². The Morgan fingerprint density at radius 3 is 2.47 bits per heavy atom. The van der Waals surface area contributed by atoms with E-state index in [1.54, 1.807) is 0 Å². The molecule has 0 bridgehead atoms. The van der Waals surface area contributed by atoms with E-state index in [1.807, 2.05) is 6.07 Å². The molecule has 0 aliphatic heterocycles. The minimum atomic E-state index is 0.360. The first-order chi connectivity index (χ1) is 9.13. The molecule has 0 unspecified atom stereocenters. The summed E-state index contributed by atoms with van der Waals surface area (Å²) in [7, 11) is 0. The highest BCUT2D eigenvalue weighted by atomic mass is 15.2. The minimum absolute atomic E-state index is 0.360. The summed E-state index contributed by atoms with van der Waals surface area (Å²) in [5, 5.41) is 0. The van der Waals surface area contributed by atoms with Crippen LogP contribution < -0.4 is 5.73 Å². The van der Waals surface area contributed by atoms with Gasteiger partial charge in [0.1, 0.15) is 11.6 Å². The molecule has 0 atom stereocenters. The number of benzene rings is 1. The number of aryl methyl sites for hydroxylation is 1. The van der Waals surface area contributed by atoms with Gasteiger partial charge in [0.25, 0.3) is 0 Å². The van der Waals surface area contributed by atoms with Gasteiger partial charge in [0.05, 0.1) is 5.69 Å². The highest BCUT2D eigenvalue weighted by Crippen LogP contribution is 2.23. The van der Waals surface area contributed by atoms with Gasteiger partial charge in [0, 0.05) is 18.9 Å². The molecule has 0 aliphatic carbocycles. The zero-order valence-electron chi connectivity index (χ0n) is 12.1. The molecule has 1 aromatic carbocycles. The standard InChI is InChI=1S/C16H23N3/c1-4-8-15-18-14(16(17)19(15)12(2)3)11-13-9-6-5-7-10-13/h5-7,9-10,12H,4,8,11,17H2,1-3H3. The van der Waals surface area contributed by atoms with E-state index in [2.05, 4.69) is 49.6 Å². The summed E-state index contributed by atoms with van der Waals surface area (Å²) in [5.74, 6) is 1.93. The molecule has 2 N–H and O–H groups in total. The van der Waals surface area contributed by atoms with Crippen molar-refractivity contribution in [2.24, 2.45) is 0 Å². The predicted molar refractivity (Wildman–Crippen MR) is 80.3 cm³/mol. The largest absolute Gasteiger partial charge is 0.384 e. The van der Waals surface area contributed by atoms with Crippen molar-refractivity contribution >= 4 is 5.82 Å². The van der Waals surface area contributed by atoms with Crippen molar-refractivity contribution in [2.75, 3.05) is 5.73 Å². The third kappa shape index (κ3) is 2.98.